The van der Waals surface area contributed by atoms with Crippen LogP contribution in [0.3, 0.4) is 0 Å². The molecule has 148 valence electrons. The molecule has 1 N–H and O–H groups in total. The van der Waals surface area contributed by atoms with E-state index in [0.717, 1.165) is 5.56 Å². The number of esters is 1. The van der Waals surface area contributed by atoms with Crippen molar-refractivity contribution in [1.82, 2.24) is 4.57 Å². The summed E-state index contributed by atoms with van der Waals surface area (Å²) >= 11 is 0. The van der Waals surface area contributed by atoms with Gasteiger partial charge in [-0.25, -0.2) is 4.79 Å². The topological polar surface area (TPSA) is 77.4 Å². The molecule has 0 unspecified atom stereocenters. The molecule has 0 aliphatic rings. The fraction of sp³-hybridized carbons (Fsp3) is 0.174. The minimum atomic E-state index is -1.14. The maximum Gasteiger partial charge on any atom is 0.356 e. The zero-order chi connectivity index (χ0) is 21.0. The van der Waals surface area contributed by atoms with Crippen LogP contribution in [0.2, 0.25) is 0 Å². The van der Waals surface area contributed by atoms with E-state index in [1.54, 1.807) is 49.6 Å². The lowest BCUT2D eigenvalue weighted by Gasteiger charge is -2.18. The van der Waals surface area contributed by atoms with Crippen LogP contribution in [0.4, 0.5) is 5.69 Å². The van der Waals surface area contributed by atoms with Crippen LogP contribution in [0, 0.1) is 6.92 Å². The SMILES string of the molecule is CC(=O)c1cc(C(=O)O[C@@H](C(=O)Nc2ccc(C)cc2)c2ccccc2)n(C)c1. The third kappa shape index (κ3) is 4.79. The Morgan fingerprint density at radius 3 is 2.24 bits per heavy atom. The highest BCUT2D eigenvalue weighted by molar-refractivity contribution is 6.00. The zero-order valence-electron chi connectivity index (χ0n) is 16.5. The van der Waals surface area contributed by atoms with Gasteiger partial charge in [-0.15, -0.1) is 0 Å². The molecule has 3 rings (SSSR count). The standard InChI is InChI=1S/C23H22N2O4/c1-15-9-11-19(12-10-15)24-22(27)21(17-7-5-4-6-8-17)29-23(28)20-13-18(16(2)26)14-25(20)3/h4-14,21H,1-3H3,(H,24,27)/t21-/m1/s1. The Balaban J connectivity index is 1.86. The molecule has 1 heterocycles. The Labute approximate surface area is 169 Å². The highest BCUT2D eigenvalue weighted by Crippen LogP contribution is 2.22. The summed E-state index contributed by atoms with van der Waals surface area (Å²) in [5.41, 5.74) is 2.82. The van der Waals surface area contributed by atoms with Crippen molar-refractivity contribution >= 4 is 23.3 Å². The van der Waals surface area contributed by atoms with Crippen molar-refractivity contribution in [2.24, 2.45) is 7.05 Å². The smallest absolute Gasteiger partial charge is 0.356 e. The number of ether oxygens (including phenoxy) is 1. The van der Waals surface area contributed by atoms with Gasteiger partial charge in [-0.3, -0.25) is 9.59 Å². The van der Waals surface area contributed by atoms with E-state index in [2.05, 4.69) is 5.32 Å². The Morgan fingerprint density at radius 2 is 1.66 bits per heavy atom. The molecular formula is C23H22N2O4. The number of carbonyl (C=O) groups is 3. The summed E-state index contributed by atoms with van der Waals surface area (Å²) in [7, 11) is 1.65. The second-order valence-electron chi connectivity index (χ2n) is 6.83. The number of benzene rings is 2. The maximum atomic E-state index is 12.9. The number of rotatable bonds is 6. The van der Waals surface area contributed by atoms with Crippen LogP contribution in [0.25, 0.3) is 0 Å². The molecule has 3 aromatic rings. The molecule has 1 amide bonds. The molecule has 6 nitrogen and oxygen atoms in total. The molecule has 0 aliphatic heterocycles. The number of nitrogens with one attached hydrogen (secondary N) is 1. The molecule has 0 saturated heterocycles. The van der Waals surface area contributed by atoms with Gasteiger partial charge < -0.3 is 14.6 Å². The number of nitrogens with zero attached hydrogens (tertiary/aromatic N) is 1. The number of aryl methyl sites for hydroxylation is 2. The van der Waals surface area contributed by atoms with E-state index < -0.39 is 18.0 Å². The zero-order valence-corrected chi connectivity index (χ0v) is 16.5. The van der Waals surface area contributed by atoms with E-state index in [4.69, 9.17) is 4.74 Å². The fourth-order valence-corrected chi connectivity index (χ4v) is 2.87. The van der Waals surface area contributed by atoms with Crippen LogP contribution in [0.5, 0.6) is 0 Å². The molecule has 2 aromatic carbocycles. The van der Waals surface area contributed by atoms with E-state index in [9.17, 15) is 14.4 Å². The average molecular weight is 390 g/mol. The number of hydrogen-bond acceptors (Lipinski definition) is 4. The fourth-order valence-electron chi connectivity index (χ4n) is 2.87. The maximum absolute atomic E-state index is 12.9. The quantitative estimate of drug-likeness (QED) is 0.508. The summed E-state index contributed by atoms with van der Waals surface area (Å²) < 4.78 is 7.08. The normalized spacial score (nSPS) is 11.6. The number of Topliss-reactive ketones (excluding diaryl/α,β-unsaturated/α-hetero) is 1. The highest BCUT2D eigenvalue weighted by Gasteiger charge is 2.27. The van der Waals surface area contributed by atoms with Crippen molar-refractivity contribution in [2.75, 3.05) is 5.32 Å². The number of amides is 1. The third-order valence-corrected chi connectivity index (χ3v) is 4.51. The molecule has 0 aliphatic carbocycles. The summed E-state index contributed by atoms with van der Waals surface area (Å²) in [4.78, 5) is 37.2. The van der Waals surface area contributed by atoms with Gasteiger partial charge in [0.1, 0.15) is 5.69 Å². The molecule has 0 bridgehead atoms. The first-order valence-corrected chi connectivity index (χ1v) is 9.16. The second-order valence-corrected chi connectivity index (χ2v) is 6.83. The minimum absolute atomic E-state index is 0.156. The first kappa shape index (κ1) is 20.1. The number of anilines is 1. The predicted molar refractivity (Wildman–Crippen MR) is 110 cm³/mol. The molecule has 1 aromatic heterocycles. The van der Waals surface area contributed by atoms with Crippen LogP contribution in [-0.4, -0.2) is 22.2 Å². The molecular weight excluding hydrogens is 368 g/mol. The van der Waals surface area contributed by atoms with Crippen molar-refractivity contribution < 1.29 is 19.1 Å². The van der Waals surface area contributed by atoms with Gasteiger partial charge in [0.15, 0.2) is 5.78 Å². The van der Waals surface area contributed by atoms with Gasteiger partial charge in [-0.2, -0.15) is 0 Å². The molecule has 1 atom stereocenters. The Kier molecular flexibility index (Phi) is 5.93. The third-order valence-electron chi connectivity index (χ3n) is 4.51. The average Bonchev–Trinajstić information content (AvgIpc) is 3.10. The Morgan fingerprint density at radius 1 is 1.00 bits per heavy atom. The molecule has 6 heteroatoms. The Bertz CT molecular complexity index is 1040. The van der Waals surface area contributed by atoms with Gasteiger partial charge in [0.2, 0.25) is 6.10 Å². The molecule has 0 spiro atoms. The number of aromatic nitrogens is 1. The highest BCUT2D eigenvalue weighted by atomic mass is 16.5. The second kappa shape index (κ2) is 8.56. The van der Waals surface area contributed by atoms with Crippen LogP contribution in [-0.2, 0) is 16.6 Å². The molecule has 0 fully saturated rings. The molecule has 0 radical (unpaired) electrons. The minimum Gasteiger partial charge on any atom is -0.443 e. The predicted octanol–water partition coefficient (Wildman–Crippen LogP) is 4.07. The van der Waals surface area contributed by atoms with Crippen molar-refractivity contribution in [2.45, 2.75) is 20.0 Å². The largest absolute Gasteiger partial charge is 0.443 e. The van der Waals surface area contributed by atoms with Gasteiger partial charge in [-0.05, 0) is 32.0 Å². The van der Waals surface area contributed by atoms with E-state index >= 15 is 0 Å². The van der Waals surface area contributed by atoms with Crippen LogP contribution >= 0.6 is 0 Å². The van der Waals surface area contributed by atoms with Crippen molar-refractivity contribution in [1.29, 1.82) is 0 Å². The first-order valence-electron chi connectivity index (χ1n) is 9.16. The lowest BCUT2D eigenvalue weighted by atomic mass is 10.1. The van der Waals surface area contributed by atoms with E-state index in [1.807, 2.05) is 25.1 Å². The van der Waals surface area contributed by atoms with Crippen molar-refractivity contribution in [3.8, 4) is 0 Å². The van der Waals surface area contributed by atoms with Gasteiger partial charge in [0.25, 0.3) is 5.91 Å². The van der Waals surface area contributed by atoms with Gasteiger partial charge in [0.05, 0.1) is 0 Å². The van der Waals surface area contributed by atoms with Gasteiger partial charge >= 0.3 is 5.97 Å². The number of carbonyl (C=O) groups excluding carboxylic acids is 3. The summed E-state index contributed by atoms with van der Waals surface area (Å²) in [5, 5.41) is 2.79. The lowest BCUT2D eigenvalue weighted by molar-refractivity contribution is -0.125. The van der Waals surface area contributed by atoms with E-state index in [0.29, 0.717) is 16.8 Å². The molecule has 29 heavy (non-hydrogen) atoms. The number of ketones is 1. The van der Waals surface area contributed by atoms with Gasteiger partial charge in [0, 0.05) is 30.1 Å². The van der Waals surface area contributed by atoms with Crippen LogP contribution < -0.4 is 5.32 Å². The Hall–Kier alpha value is -3.67. The summed E-state index contributed by atoms with van der Waals surface area (Å²) in [6, 6.07) is 17.6. The van der Waals surface area contributed by atoms with E-state index in [1.165, 1.54) is 17.6 Å². The lowest BCUT2D eigenvalue weighted by Crippen LogP contribution is -2.26. The number of hydrogen-bond donors (Lipinski definition) is 1. The van der Waals surface area contributed by atoms with Crippen molar-refractivity contribution in [3.05, 3.63) is 89.2 Å². The summed E-state index contributed by atoms with van der Waals surface area (Å²) in [6.45, 7) is 3.38. The first-order chi connectivity index (χ1) is 13.8. The summed E-state index contributed by atoms with van der Waals surface area (Å²) in [5.74, 6) is -1.31. The van der Waals surface area contributed by atoms with Gasteiger partial charge in [-0.1, -0.05) is 48.0 Å². The van der Waals surface area contributed by atoms with E-state index in [-0.39, 0.29) is 11.5 Å². The van der Waals surface area contributed by atoms with Crippen LogP contribution in [0.15, 0.2) is 66.9 Å². The monoisotopic (exact) mass is 390 g/mol. The molecule has 0 saturated carbocycles. The summed E-state index contributed by atoms with van der Waals surface area (Å²) in [6.07, 6.45) is 0.420. The van der Waals surface area contributed by atoms with Crippen LogP contribution in [0.1, 0.15) is 45.0 Å². The van der Waals surface area contributed by atoms with Crippen molar-refractivity contribution in [3.63, 3.8) is 0 Å².